The zero-order valence-electron chi connectivity index (χ0n) is 16.4. The lowest BCUT2D eigenvalue weighted by molar-refractivity contribution is -0.120. The predicted octanol–water partition coefficient (Wildman–Crippen LogP) is 2.65. The molecule has 27 heavy (non-hydrogen) atoms. The molecule has 4 N–H and O–H groups in total. The topological polar surface area (TPSA) is 116 Å². The van der Waals surface area contributed by atoms with E-state index in [1.54, 1.807) is 0 Å². The van der Waals surface area contributed by atoms with Gasteiger partial charge in [0.25, 0.3) is 0 Å². The quantitative estimate of drug-likeness (QED) is 0.269. The van der Waals surface area contributed by atoms with Crippen LogP contribution in [-0.4, -0.2) is 48.5 Å². The van der Waals surface area contributed by atoms with Gasteiger partial charge in [0.2, 0.25) is 11.8 Å². The molecule has 0 unspecified atom stereocenters. The van der Waals surface area contributed by atoms with Crippen molar-refractivity contribution >= 4 is 45.5 Å². The summed E-state index contributed by atoms with van der Waals surface area (Å²) in [7, 11) is 2.70. The molecule has 6 amide bonds. The molecule has 8 nitrogen and oxygen atoms in total. The molecule has 0 aromatic carbocycles. The minimum absolute atomic E-state index is 0.145. The molecule has 0 aromatic rings. The molecule has 0 aliphatic rings. The van der Waals surface area contributed by atoms with Crippen LogP contribution in [0.25, 0.3) is 0 Å². The lowest BCUT2D eigenvalue weighted by Crippen LogP contribution is -2.40. The van der Waals surface area contributed by atoms with Crippen molar-refractivity contribution in [2.45, 2.75) is 52.9 Å². The Balaban J connectivity index is 3.59. The Kier molecular flexibility index (Phi) is 15.9. The average Bonchev–Trinajstić information content (AvgIpc) is 2.57. The average molecular weight is 421 g/mol. The molecule has 0 saturated heterocycles. The first-order chi connectivity index (χ1) is 12.8. The molecule has 0 bridgehead atoms. The molecular weight excluding hydrogens is 388 g/mol. The van der Waals surface area contributed by atoms with Gasteiger partial charge in [-0.25, -0.2) is 9.59 Å². The van der Waals surface area contributed by atoms with E-state index >= 15 is 0 Å². The van der Waals surface area contributed by atoms with Crippen LogP contribution in [-0.2, 0) is 9.59 Å². The number of hydrogen-bond donors (Lipinski definition) is 4. The summed E-state index contributed by atoms with van der Waals surface area (Å²) in [4.78, 5) is 46.0. The standard InChI is InChI=1S/C17H32N4O4S2/c1-4-5-9-18-16(24)21-15(23)12-27-26-11-10-19-17(25)20-14(22)8-6-7-13(2)3/h13H,4-12H2,1-3H3,(H2,18,21,23,24)(H2,19,20,22,25). The molecule has 0 aliphatic carbocycles. The summed E-state index contributed by atoms with van der Waals surface area (Å²) in [6, 6.07) is -0.980. The summed E-state index contributed by atoms with van der Waals surface area (Å²) in [5.41, 5.74) is 0. The number of carbonyl (C=O) groups is 4. The predicted molar refractivity (Wildman–Crippen MR) is 112 cm³/mol. The van der Waals surface area contributed by atoms with Crippen LogP contribution in [0.3, 0.4) is 0 Å². The molecule has 10 heteroatoms. The third-order valence-corrected chi connectivity index (χ3v) is 5.52. The van der Waals surface area contributed by atoms with Crippen LogP contribution >= 0.6 is 21.6 Å². The van der Waals surface area contributed by atoms with E-state index in [0.717, 1.165) is 25.7 Å². The van der Waals surface area contributed by atoms with Gasteiger partial charge in [0.1, 0.15) is 0 Å². The molecule has 0 atom stereocenters. The third-order valence-electron chi connectivity index (χ3n) is 3.25. The van der Waals surface area contributed by atoms with Crippen LogP contribution in [0.2, 0.25) is 0 Å². The lowest BCUT2D eigenvalue weighted by atomic mass is 10.1. The number of carbonyl (C=O) groups excluding carboxylic acids is 4. The van der Waals surface area contributed by atoms with Crippen LogP contribution in [0, 0.1) is 5.92 Å². The number of rotatable bonds is 13. The van der Waals surface area contributed by atoms with Gasteiger partial charge in [-0.05, 0) is 18.8 Å². The van der Waals surface area contributed by atoms with E-state index in [9.17, 15) is 19.2 Å². The van der Waals surface area contributed by atoms with Gasteiger partial charge in [-0.3, -0.25) is 20.2 Å². The second-order valence-electron chi connectivity index (χ2n) is 6.33. The van der Waals surface area contributed by atoms with Gasteiger partial charge in [0.15, 0.2) is 0 Å². The van der Waals surface area contributed by atoms with Gasteiger partial charge in [-0.1, -0.05) is 55.2 Å². The molecule has 0 saturated carbocycles. The second-order valence-corrected chi connectivity index (χ2v) is 8.91. The van der Waals surface area contributed by atoms with E-state index < -0.39 is 12.1 Å². The number of hydrogen-bond acceptors (Lipinski definition) is 6. The Morgan fingerprint density at radius 3 is 2.11 bits per heavy atom. The van der Waals surface area contributed by atoms with Gasteiger partial charge < -0.3 is 10.6 Å². The summed E-state index contributed by atoms with van der Waals surface area (Å²) in [6.07, 6.45) is 3.91. The maximum absolute atomic E-state index is 11.6. The zero-order chi connectivity index (χ0) is 20.5. The lowest BCUT2D eigenvalue weighted by Gasteiger charge is -2.07. The maximum Gasteiger partial charge on any atom is 0.321 e. The van der Waals surface area contributed by atoms with Crippen molar-refractivity contribution in [3.8, 4) is 0 Å². The molecule has 0 fully saturated rings. The van der Waals surface area contributed by atoms with Gasteiger partial charge >= 0.3 is 12.1 Å². The molecule has 0 radical (unpaired) electrons. The summed E-state index contributed by atoms with van der Waals surface area (Å²) in [5.74, 6) is 0.629. The number of unbranched alkanes of at least 4 members (excludes halogenated alkanes) is 1. The highest BCUT2D eigenvalue weighted by atomic mass is 33.1. The number of imide groups is 2. The molecule has 0 spiro atoms. The monoisotopic (exact) mass is 420 g/mol. The van der Waals surface area contributed by atoms with Gasteiger partial charge in [-0.2, -0.15) is 0 Å². The minimum Gasteiger partial charge on any atom is -0.338 e. The van der Waals surface area contributed by atoms with E-state index in [2.05, 4.69) is 35.1 Å². The number of nitrogens with one attached hydrogen (secondary N) is 4. The smallest absolute Gasteiger partial charge is 0.321 e. The molecule has 0 heterocycles. The van der Waals surface area contributed by atoms with Crippen LogP contribution < -0.4 is 21.3 Å². The number of urea groups is 2. The van der Waals surface area contributed by atoms with Crippen LogP contribution in [0.1, 0.15) is 52.9 Å². The molecule has 0 rings (SSSR count). The highest BCUT2D eigenvalue weighted by Gasteiger charge is 2.09. The van der Waals surface area contributed by atoms with Crippen molar-refractivity contribution in [3.63, 3.8) is 0 Å². The third kappa shape index (κ3) is 17.7. The Morgan fingerprint density at radius 1 is 0.852 bits per heavy atom. The van der Waals surface area contributed by atoms with Gasteiger partial charge in [0.05, 0.1) is 5.75 Å². The van der Waals surface area contributed by atoms with Crippen molar-refractivity contribution in [1.82, 2.24) is 21.3 Å². The molecule has 0 aliphatic heterocycles. The number of amides is 6. The summed E-state index contributed by atoms with van der Waals surface area (Å²) in [6.45, 7) is 7.12. The minimum atomic E-state index is -0.503. The normalized spacial score (nSPS) is 10.4. The highest BCUT2D eigenvalue weighted by molar-refractivity contribution is 8.76. The van der Waals surface area contributed by atoms with Crippen molar-refractivity contribution in [1.29, 1.82) is 0 Å². The zero-order valence-corrected chi connectivity index (χ0v) is 18.0. The van der Waals surface area contributed by atoms with Gasteiger partial charge in [0, 0.05) is 25.3 Å². The summed E-state index contributed by atoms with van der Waals surface area (Å²) < 4.78 is 0. The first-order valence-corrected chi connectivity index (χ1v) is 11.7. The van der Waals surface area contributed by atoms with Crippen LogP contribution in [0.5, 0.6) is 0 Å². The fraction of sp³-hybridized carbons (Fsp3) is 0.765. The van der Waals surface area contributed by atoms with Crippen LogP contribution in [0.4, 0.5) is 9.59 Å². The largest absolute Gasteiger partial charge is 0.338 e. The van der Waals surface area contributed by atoms with E-state index in [-0.39, 0.29) is 17.6 Å². The first-order valence-electron chi connectivity index (χ1n) is 9.24. The molecule has 0 aromatic heterocycles. The van der Waals surface area contributed by atoms with Crippen molar-refractivity contribution in [2.24, 2.45) is 5.92 Å². The van der Waals surface area contributed by atoms with Crippen molar-refractivity contribution in [3.05, 3.63) is 0 Å². The van der Waals surface area contributed by atoms with Gasteiger partial charge in [-0.15, -0.1) is 0 Å². The SMILES string of the molecule is CCCCNC(=O)NC(=O)CSSCCNC(=O)NC(=O)CCCC(C)C. The van der Waals surface area contributed by atoms with Crippen molar-refractivity contribution in [2.75, 3.05) is 24.6 Å². The van der Waals surface area contributed by atoms with Crippen LogP contribution in [0.15, 0.2) is 0 Å². The molecular formula is C17H32N4O4S2. The van der Waals surface area contributed by atoms with E-state index in [0.29, 0.717) is 31.2 Å². The van der Waals surface area contributed by atoms with E-state index in [1.165, 1.54) is 21.6 Å². The Hall–Kier alpha value is -1.42. The van der Waals surface area contributed by atoms with Crippen molar-refractivity contribution < 1.29 is 19.2 Å². The fourth-order valence-corrected chi connectivity index (χ4v) is 3.59. The summed E-state index contributed by atoms with van der Waals surface area (Å²) in [5, 5.41) is 9.74. The van der Waals surface area contributed by atoms with E-state index in [4.69, 9.17) is 0 Å². The second kappa shape index (κ2) is 16.7. The Bertz CT molecular complexity index is 476. The summed E-state index contributed by atoms with van der Waals surface area (Å²) >= 11 is 0. The fourth-order valence-electron chi connectivity index (χ4n) is 1.85. The highest BCUT2D eigenvalue weighted by Crippen LogP contribution is 2.19. The Morgan fingerprint density at radius 2 is 1.48 bits per heavy atom. The first kappa shape index (κ1) is 25.6. The molecule has 156 valence electrons. The van der Waals surface area contributed by atoms with E-state index in [1.807, 2.05) is 6.92 Å². The Labute approximate surface area is 169 Å². The maximum atomic E-state index is 11.6.